The summed E-state index contributed by atoms with van der Waals surface area (Å²) in [5, 5.41) is 11.6. The number of hydrogen-bond donors (Lipinski definition) is 2. The highest BCUT2D eigenvalue weighted by Crippen LogP contribution is 2.35. The number of rotatable bonds is 4. The molecule has 0 saturated heterocycles. The number of hydrogen-bond acceptors (Lipinski definition) is 5. The van der Waals surface area contributed by atoms with Crippen molar-refractivity contribution in [1.29, 1.82) is 5.41 Å². The van der Waals surface area contributed by atoms with Gasteiger partial charge in [-0.3, -0.25) is 9.38 Å². The zero-order chi connectivity index (χ0) is 20.0. The molecule has 2 aromatic carbocycles. The Bertz CT molecular complexity index is 1260. The number of methoxy groups -OCH3 is 1. The standard InChI is InChI=1S/C23H21N5O/c1-14-11-17(29-2)5-7-18(14)22-23(28-10-9-25-13-21(28)27-22)26-16-4-6-19-15(12-16)3-8-20(19)24/h4-7,9-13,24,26H,3,8H2,1-2H3. The Kier molecular flexibility index (Phi) is 4.05. The summed E-state index contributed by atoms with van der Waals surface area (Å²) in [5.41, 5.74) is 7.77. The molecule has 0 unspecified atom stereocenters. The lowest BCUT2D eigenvalue weighted by Gasteiger charge is -2.12. The molecular weight excluding hydrogens is 362 g/mol. The van der Waals surface area contributed by atoms with Crippen LogP contribution < -0.4 is 10.1 Å². The van der Waals surface area contributed by atoms with Gasteiger partial charge >= 0.3 is 0 Å². The molecule has 1 aliphatic rings. The second-order valence-corrected chi connectivity index (χ2v) is 7.27. The van der Waals surface area contributed by atoms with Gasteiger partial charge in [-0.1, -0.05) is 6.07 Å². The zero-order valence-corrected chi connectivity index (χ0v) is 16.4. The minimum atomic E-state index is 0.724. The first-order valence-corrected chi connectivity index (χ1v) is 9.59. The summed E-state index contributed by atoms with van der Waals surface area (Å²) < 4.78 is 7.37. The number of aryl methyl sites for hydroxylation is 2. The van der Waals surface area contributed by atoms with Crippen LogP contribution in [0.2, 0.25) is 0 Å². The van der Waals surface area contributed by atoms with Crippen molar-refractivity contribution < 1.29 is 4.74 Å². The van der Waals surface area contributed by atoms with Gasteiger partial charge in [0.25, 0.3) is 0 Å². The summed E-state index contributed by atoms with van der Waals surface area (Å²) in [7, 11) is 1.67. The zero-order valence-electron chi connectivity index (χ0n) is 16.4. The van der Waals surface area contributed by atoms with Crippen molar-refractivity contribution in [2.24, 2.45) is 0 Å². The third-order valence-electron chi connectivity index (χ3n) is 5.46. The van der Waals surface area contributed by atoms with E-state index in [1.807, 2.05) is 40.9 Å². The fourth-order valence-electron chi connectivity index (χ4n) is 3.95. The number of anilines is 2. The first-order chi connectivity index (χ1) is 14.1. The van der Waals surface area contributed by atoms with Gasteiger partial charge in [-0.05, 0) is 66.8 Å². The van der Waals surface area contributed by atoms with E-state index in [-0.39, 0.29) is 0 Å². The maximum atomic E-state index is 8.06. The van der Waals surface area contributed by atoms with Gasteiger partial charge < -0.3 is 15.5 Å². The minimum Gasteiger partial charge on any atom is -0.497 e. The number of benzene rings is 2. The molecule has 0 amide bonds. The Morgan fingerprint density at radius 3 is 2.79 bits per heavy atom. The van der Waals surface area contributed by atoms with Gasteiger partial charge in [0.15, 0.2) is 5.65 Å². The lowest BCUT2D eigenvalue weighted by molar-refractivity contribution is 0.414. The van der Waals surface area contributed by atoms with Crippen LogP contribution in [0.15, 0.2) is 55.0 Å². The summed E-state index contributed by atoms with van der Waals surface area (Å²) in [6, 6.07) is 12.2. The molecule has 0 spiro atoms. The van der Waals surface area contributed by atoms with E-state index in [9.17, 15) is 0 Å². The molecule has 0 fully saturated rings. The topological polar surface area (TPSA) is 75.3 Å². The molecule has 0 aliphatic heterocycles. The number of nitrogens with one attached hydrogen (secondary N) is 2. The van der Waals surface area contributed by atoms with Crippen molar-refractivity contribution in [2.75, 3.05) is 12.4 Å². The van der Waals surface area contributed by atoms with Crippen LogP contribution in [0.25, 0.3) is 16.9 Å². The minimum absolute atomic E-state index is 0.724. The summed E-state index contributed by atoms with van der Waals surface area (Å²) in [4.78, 5) is 9.06. The van der Waals surface area contributed by atoms with E-state index >= 15 is 0 Å². The van der Waals surface area contributed by atoms with E-state index in [1.165, 1.54) is 5.56 Å². The van der Waals surface area contributed by atoms with E-state index in [1.54, 1.807) is 19.5 Å². The highest BCUT2D eigenvalue weighted by Gasteiger charge is 2.19. The molecule has 6 nitrogen and oxygen atoms in total. The van der Waals surface area contributed by atoms with Crippen LogP contribution >= 0.6 is 0 Å². The lowest BCUT2D eigenvalue weighted by Crippen LogP contribution is -1.99. The van der Waals surface area contributed by atoms with Crippen molar-refractivity contribution >= 4 is 22.9 Å². The van der Waals surface area contributed by atoms with Crippen LogP contribution in [-0.4, -0.2) is 27.2 Å². The van der Waals surface area contributed by atoms with E-state index in [2.05, 4.69) is 23.3 Å². The normalized spacial score (nSPS) is 13.0. The fourth-order valence-corrected chi connectivity index (χ4v) is 3.95. The fraction of sp³-hybridized carbons (Fsp3) is 0.174. The summed E-state index contributed by atoms with van der Waals surface area (Å²) in [6.07, 6.45) is 7.17. The predicted octanol–water partition coefficient (Wildman–Crippen LogP) is 4.77. The van der Waals surface area contributed by atoms with E-state index in [0.717, 1.165) is 63.8 Å². The van der Waals surface area contributed by atoms with Crippen LogP contribution in [0.5, 0.6) is 5.75 Å². The molecule has 4 aromatic rings. The Balaban J connectivity index is 1.63. The van der Waals surface area contributed by atoms with Crippen LogP contribution in [-0.2, 0) is 6.42 Å². The van der Waals surface area contributed by atoms with Gasteiger partial charge in [-0.2, -0.15) is 0 Å². The molecule has 6 heteroatoms. The van der Waals surface area contributed by atoms with E-state index in [4.69, 9.17) is 15.1 Å². The molecule has 2 heterocycles. The number of fused-ring (bicyclic) bond motifs is 2. The average molecular weight is 383 g/mol. The highest BCUT2D eigenvalue weighted by molar-refractivity contribution is 6.02. The van der Waals surface area contributed by atoms with Crippen LogP contribution in [0.1, 0.15) is 23.1 Å². The first kappa shape index (κ1) is 17.4. The third kappa shape index (κ3) is 2.93. The van der Waals surface area contributed by atoms with E-state index < -0.39 is 0 Å². The van der Waals surface area contributed by atoms with Gasteiger partial charge in [0.1, 0.15) is 17.3 Å². The second-order valence-electron chi connectivity index (χ2n) is 7.27. The van der Waals surface area contributed by atoms with Gasteiger partial charge in [-0.15, -0.1) is 0 Å². The van der Waals surface area contributed by atoms with Crippen LogP contribution in [0.4, 0.5) is 11.5 Å². The molecule has 5 rings (SSSR count). The number of aromatic nitrogens is 3. The number of nitrogens with zero attached hydrogens (tertiary/aromatic N) is 3. The SMILES string of the molecule is COc1ccc(-c2nc3cnccn3c2Nc2ccc3c(c2)CCC3=N)c(C)c1. The monoisotopic (exact) mass is 383 g/mol. The average Bonchev–Trinajstić information content (AvgIpc) is 3.28. The Morgan fingerprint density at radius 2 is 1.97 bits per heavy atom. The molecule has 1 aliphatic carbocycles. The van der Waals surface area contributed by atoms with Crippen molar-refractivity contribution in [2.45, 2.75) is 19.8 Å². The lowest BCUT2D eigenvalue weighted by atomic mass is 10.0. The molecular formula is C23H21N5O. The summed E-state index contributed by atoms with van der Waals surface area (Å²) in [6.45, 7) is 2.06. The van der Waals surface area contributed by atoms with Gasteiger partial charge in [0.2, 0.25) is 0 Å². The van der Waals surface area contributed by atoms with Crippen molar-refractivity contribution in [3.8, 4) is 17.0 Å². The smallest absolute Gasteiger partial charge is 0.157 e. The summed E-state index contributed by atoms with van der Waals surface area (Å²) in [5.74, 6) is 1.72. The van der Waals surface area contributed by atoms with E-state index in [0.29, 0.717) is 0 Å². The Hall–Kier alpha value is -3.67. The molecule has 29 heavy (non-hydrogen) atoms. The third-order valence-corrected chi connectivity index (χ3v) is 5.46. The highest BCUT2D eigenvalue weighted by atomic mass is 16.5. The van der Waals surface area contributed by atoms with Gasteiger partial charge in [0, 0.05) is 29.4 Å². The molecule has 0 saturated carbocycles. The molecule has 0 bridgehead atoms. The Morgan fingerprint density at radius 1 is 1.10 bits per heavy atom. The predicted molar refractivity (Wildman–Crippen MR) is 115 cm³/mol. The molecule has 0 atom stereocenters. The van der Waals surface area contributed by atoms with Crippen LogP contribution in [0.3, 0.4) is 0 Å². The quantitative estimate of drug-likeness (QED) is 0.532. The van der Waals surface area contributed by atoms with Crippen LogP contribution in [0, 0.1) is 12.3 Å². The largest absolute Gasteiger partial charge is 0.497 e. The summed E-state index contributed by atoms with van der Waals surface area (Å²) >= 11 is 0. The molecule has 144 valence electrons. The maximum absolute atomic E-state index is 8.06. The van der Waals surface area contributed by atoms with Gasteiger partial charge in [0.05, 0.1) is 13.3 Å². The molecule has 2 aromatic heterocycles. The maximum Gasteiger partial charge on any atom is 0.157 e. The first-order valence-electron chi connectivity index (χ1n) is 9.59. The van der Waals surface area contributed by atoms with Crippen molar-refractivity contribution in [3.05, 3.63) is 71.7 Å². The number of ether oxygens (including phenoxy) is 1. The van der Waals surface area contributed by atoms with Crippen molar-refractivity contribution in [3.63, 3.8) is 0 Å². The van der Waals surface area contributed by atoms with Crippen molar-refractivity contribution in [1.82, 2.24) is 14.4 Å². The molecule has 0 radical (unpaired) electrons. The second kappa shape index (κ2) is 6.74. The Labute approximate surface area is 168 Å². The van der Waals surface area contributed by atoms with Gasteiger partial charge in [-0.25, -0.2) is 4.98 Å². The number of imidazole rings is 1. The molecule has 2 N–H and O–H groups in total.